The average molecular weight is 438 g/mol. The van der Waals surface area contributed by atoms with Crippen LogP contribution >= 0.6 is 0 Å². The van der Waals surface area contributed by atoms with E-state index in [1.165, 1.54) is 0 Å². The van der Waals surface area contributed by atoms with Crippen LogP contribution in [0.3, 0.4) is 0 Å². The van der Waals surface area contributed by atoms with Crippen LogP contribution in [0, 0.1) is 11.8 Å². The molecule has 3 aromatic rings. The summed E-state index contributed by atoms with van der Waals surface area (Å²) in [5.74, 6) is 0.319. The Morgan fingerprint density at radius 3 is 2.45 bits per heavy atom. The fourth-order valence-electron chi connectivity index (χ4n) is 4.16. The summed E-state index contributed by atoms with van der Waals surface area (Å²) < 4.78 is 28.5. The highest BCUT2D eigenvalue weighted by atomic mass is 32.2. The van der Waals surface area contributed by atoms with Gasteiger partial charge in [0.1, 0.15) is 4.90 Å². The SMILES string of the molecule is O=C(NCc1ccccc1)C1CCC(CNS(=O)(=O)c2cccc3cccnc23)CC1. The number of hydrogen-bond donors (Lipinski definition) is 2. The summed E-state index contributed by atoms with van der Waals surface area (Å²) >= 11 is 0. The molecule has 0 radical (unpaired) electrons. The fraction of sp³-hybridized carbons (Fsp3) is 0.333. The molecule has 6 nitrogen and oxygen atoms in total. The first kappa shape index (κ1) is 21.5. The first-order valence-electron chi connectivity index (χ1n) is 10.7. The molecule has 0 atom stereocenters. The maximum Gasteiger partial charge on any atom is 0.242 e. The Morgan fingerprint density at radius 1 is 0.935 bits per heavy atom. The molecule has 1 aliphatic carbocycles. The number of amides is 1. The van der Waals surface area contributed by atoms with Crippen molar-refractivity contribution in [1.29, 1.82) is 0 Å². The van der Waals surface area contributed by atoms with Crippen LogP contribution in [0.5, 0.6) is 0 Å². The highest BCUT2D eigenvalue weighted by Gasteiger charge is 2.27. The number of aromatic nitrogens is 1. The Kier molecular flexibility index (Phi) is 6.63. The van der Waals surface area contributed by atoms with Crippen LogP contribution in [-0.4, -0.2) is 25.9 Å². The predicted molar refractivity (Wildman–Crippen MR) is 121 cm³/mol. The standard InChI is InChI=1S/C24H27N3O3S/c28-24(26-16-18-6-2-1-3-7-18)21-13-11-19(12-14-21)17-27-31(29,30)22-10-4-8-20-9-5-15-25-23(20)22/h1-10,15,19,21,27H,11-14,16-17H2,(H,26,28). The lowest BCUT2D eigenvalue weighted by atomic mass is 9.81. The number of benzene rings is 2. The van der Waals surface area contributed by atoms with Crippen molar-refractivity contribution in [3.63, 3.8) is 0 Å². The van der Waals surface area contributed by atoms with Crippen LogP contribution in [0.25, 0.3) is 10.9 Å². The zero-order chi connectivity index (χ0) is 21.7. The minimum atomic E-state index is -3.65. The number of rotatable bonds is 7. The monoisotopic (exact) mass is 437 g/mol. The van der Waals surface area contributed by atoms with Gasteiger partial charge < -0.3 is 5.32 Å². The summed E-state index contributed by atoms with van der Waals surface area (Å²) in [5.41, 5.74) is 1.57. The molecule has 0 saturated heterocycles. The topological polar surface area (TPSA) is 88.2 Å². The molecule has 0 unspecified atom stereocenters. The fourth-order valence-corrected chi connectivity index (χ4v) is 5.45. The van der Waals surface area contributed by atoms with Gasteiger partial charge in [0, 0.05) is 30.6 Å². The Labute approximate surface area is 183 Å². The summed E-state index contributed by atoms with van der Waals surface area (Å²) in [6, 6.07) is 18.7. The van der Waals surface area contributed by atoms with E-state index in [0.29, 0.717) is 18.6 Å². The summed E-state index contributed by atoms with van der Waals surface area (Å²) in [5, 5.41) is 3.82. The lowest BCUT2D eigenvalue weighted by Crippen LogP contribution is -2.36. The van der Waals surface area contributed by atoms with Crippen molar-refractivity contribution in [2.24, 2.45) is 11.8 Å². The van der Waals surface area contributed by atoms with Crippen LogP contribution in [0.2, 0.25) is 0 Å². The highest BCUT2D eigenvalue weighted by Crippen LogP contribution is 2.29. The van der Waals surface area contributed by atoms with Crippen LogP contribution in [0.15, 0.2) is 71.8 Å². The number of carbonyl (C=O) groups excluding carboxylic acids is 1. The van der Waals surface area contributed by atoms with Crippen LogP contribution < -0.4 is 10.0 Å². The van der Waals surface area contributed by atoms with Gasteiger partial charge in [-0.15, -0.1) is 0 Å². The van der Waals surface area contributed by atoms with E-state index in [1.54, 1.807) is 24.4 Å². The quantitative estimate of drug-likeness (QED) is 0.591. The number of nitrogens with one attached hydrogen (secondary N) is 2. The lowest BCUT2D eigenvalue weighted by molar-refractivity contribution is -0.126. The zero-order valence-corrected chi connectivity index (χ0v) is 18.1. The second kappa shape index (κ2) is 9.58. The second-order valence-corrected chi connectivity index (χ2v) is 9.84. The van der Waals surface area contributed by atoms with Crippen molar-refractivity contribution in [2.45, 2.75) is 37.1 Å². The summed E-state index contributed by atoms with van der Waals surface area (Å²) in [4.78, 5) is 16.9. The molecule has 1 amide bonds. The summed E-state index contributed by atoms with van der Waals surface area (Å²) in [6.07, 6.45) is 4.83. The van der Waals surface area contributed by atoms with E-state index in [1.807, 2.05) is 42.5 Å². The molecule has 7 heteroatoms. The molecule has 0 aliphatic heterocycles. The predicted octanol–water partition coefficient (Wildman–Crippen LogP) is 3.64. The van der Waals surface area contributed by atoms with Gasteiger partial charge in [-0.05, 0) is 49.3 Å². The molecule has 1 saturated carbocycles. The van der Waals surface area contributed by atoms with Crippen LogP contribution in [-0.2, 0) is 21.4 Å². The minimum Gasteiger partial charge on any atom is -0.352 e. The molecule has 4 rings (SSSR count). The molecule has 2 N–H and O–H groups in total. The van der Waals surface area contributed by atoms with Crippen molar-refractivity contribution >= 4 is 26.8 Å². The first-order valence-corrected chi connectivity index (χ1v) is 12.2. The molecule has 2 aromatic carbocycles. The molecule has 0 spiro atoms. The number of fused-ring (bicyclic) bond motifs is 1. The van der Waals surface area contributed by atoms with Gasteiger partial charge in [0.25, 0.3) is 0 Å². The molecular weight excluding hydrogens is 410 g/mol. The third-order valence-electron chi connectivity index (χ3n) is 5.97. The molecule has 1 fully saturated rings. The van der Waals surface area contributed by atoms with E-state index in [-0.39, 0.29) is 22.6 Å². The number of nitrogens with zero attached hydrogens (tertiary/aromatic N) is 1. The van der Waals surface area contributed by atoms with Crippen LogP contribution in [0.4, 0.5) is 0 Å². The van der Waals surface area contributed by atoms with Gasteiger partial charge in [0.05, 0.1) is 5.52 Å². The van der Waals surface area contributed by atoms with Gasteiger partial charge in [0.2, 0.25) is 15.9 Å². The summed E-state index contributed by atoms with van der Waals surface area (Å²) in [6.45, 7) is 0.919. The van der Waals surface area contributed by atoms with Crippen LogP contribution in [0.1, 0.15) is 31.2 Å². The Bertz CT molecular complexity index is 1140. The van der Waals surface area contributed by atoms with E-state index < -0.39 is 10.0 Å². The van der Waals surface area contributed by atoms with Crippen molar-refractivity contribution in [2.75, 3.05) is 6.54 Å². The zero-order valence-electron chi connectivity index (χ0n) is 17.3. The number of carbonyl (C=O) groups is 1. The third-order valence-corrected chi connectivity index (χ3v) is 7.43. The van der Waals surface area contributed by atoms with Gasteiger partial charge in [-0.3, -0.25) is 9.78 Å². The van der Waals surface area contributed by atoms with Crippen molar-refractivity contribution in [3.05, 3.63) is 72.4 Å². The highest BCUT2D eigenvalue weighted by molar-refractivity contribution is 7.89. The normalized spacial score (nSPS) is 19.2. The lowest BCUT2D eigenvalue weighted by Gasteiger charge is -2.28. The average Bonchev–Trinajstić information content (AvgIpc) is 2.82. The molecular formula is C24H27N3O3S. The Balaban J connectivity index is 1.28. The first-order chi connectivity index (χ1) is 15.0. The Hall–Kier alpha value is -2.77. The molecule has 31 heavy (non-hydrogen) atoms. The van der Waals surface area contributed by atoms with E-state index in [2.05, 4.69) is 15.0 Å². The number of hydrogen-bond acceptors (Lipinski definition) is 4. The third kappa shape index (κ3) is 5.29. The van der Waals surface area contributed by atoms with E-state index in [4.69, 9.17) is 0 Å². The van der Waals surface area contributed by atoms with Gasteiger partial charge in [-0.2, -0.15) is 0 Å². The van der Waals surface area contributed by atoms with Gasteiger partial charge >= 0.3 is 0 Å². The van der Waals surface area contributed by atoms with E-state index in [9.17, 15) is 13.2 Å². The van der Waals surface area contributed by atoms with Gasteiger partial charge in [-0.25, -0.2) is 13.1 Å². The van der Waals surface area contributed by atoms with Gasteiger partial charge in [-0.1, -0.05) is 48.5 Å². The molecule has 1 heterocycles. The van der Waals surface area contributed by atoms with Crippen molar-refractivity contribution in [3.8, 4) is 0 Å². The number of para-hydroxylation sites is 1. The smallest absolute Gasteiger partial charge is 0.242 e. The second-order valence-electron chi connectivity index (χ2n) is 8.10. The largest absolute Gasteiger partial charge is 0.352 e. The maximum atomic E-state index is 12.9. The van der Waals surface area contributed by atoms with E-state index in [0.717, 1.165) is 36.6 Å². The molecule has 0 bridgehead atoms. The molecule has 1 aromatic heterocycles. The van der Waals surface area contributed by atoms with Gasteiger partial charge in [0.15, 0.2) is 0 Å². The maximum absolute atomic E-state index is 12.9. The van der Waals surface area contributed by atoms with Crippen molar-refractivity contribution in [1.82, 2.24) is 15.0 Å². The van der Waals surface area contributed by atoms with E-state index >= 15 is 0 Å². The minimum absolute atomic E-state index is 0.00108. The van der Waals surface area contributed by atoms with Crippen molar-refractivity contribution < 1.29 is 13.2 Å². The molecule has 1 aliphatic rings. The molecule has 162 valence electrons. The number of pyridine rings is 1. The number of sulfonamides is 1. The Morgan fingerprint density at radius 2 is 1.68 bits per heavy atom. The summed E-state index contributed by atoms with van der Waals surface area (Å²) in [7, 11) is -3.65.